The Hall–Kier alpha value is -2.72. The first-order chi connectivity index (χ1) is 15.0. The SMILES string of the molecule is NC1CCCN(c2c(Br)cnc3[nH]cc(NC(=O)c4ccc(=O)n(CC5CC5)n4)c23)C1. The number of nitrogens with zero attached hydrogens (tertiary/aromatic N) is 4. The molecule has 162 valence electrons. The van der Waals surface area contributed by atoms with Crippen molar-refractivity contribution in [3.05, 3.63) is 45.0 Å². The van der Waals surface area contributed by atoms with Crippen LogP contribution in [-0.2, 0) is 6.54 Å². The second-order valence-electron chi connectivity index (χ2n) is 8.37. The Morgan fingerprint density at radius 1 is 1.32 bits per heavy atom. The van der Waals surface area contributed by atoms with Crippen molar-refractivity contribution in [2.75, 3.05) is 23.3 Å². The first-order valence-electron chi connectivity index (χ1n) is 10.5. The molecule has 5 rings (SSSR count). The standard InChI is InChI=1S/C21H24BrN7O2/c22-14-8-24-20-18(19(14)28-7-1-2-13(23)11-28)16(9-25-20)26-21(31)15-5-6-17(30)29(27-15)10-12-3-4-12/h5-6,8-9,12-13H,1-4,7,10-11,23H2,(H,24,25)(H,26,31). The first kappa shape index (κ1) is 20.2. The topological polar surface area (TPSA) is 122 Å². The average molecular weight is 486 g/mol. The summed E-state index contributed by atoms with van der Waals surface area (Å²) in [6.45, 7) is 2.19. The third-order valence-electron chi connectivity index (χ3n) is 5.88. The van der Waals surface area contributed by atoms with E-state index in [1.54, 1.807) is 12.4 Å². The van der Waals surface area contributed by atoms with E-state index >= 15 is 0 Å². The number of carbonyl (C=O) groups is 1. The van der Waals surface area contributed by atoms with E-state index in [1.807, 2.05) is 0 Å². The number of pyridine rings is 1. The highest BCUT2D eigenvalue weighted by Crippen LogP contribution is 2.39. The van der Waals surface area contributed by atoms with Crippen molar-refractivity contribution in [3.63, 3.8) is 0 Å². The number of carbonyl (C=O) groups excluding carboxylic acids is 1. The van der Waals surface area contributed by atoms with Gasteiger partial charge < -0.3 is 20.9 Å². The van der Waals surface area contributed by atoms with Crippen LogP contribution in [0.3, 0.4) is 0 Å². The maximum Gasteiger partial charge on any atom is 0.276 e. The second kappa shape index (κ2) is 8.08. The second-order valence-corrected chi connectivity index (χ2v) is 9.22. The van der Waals surface area contributed by atoms with E-state index in [4.69, 9.17) is 5.73 Å². The Morgan fingerprint density at radius 3 is 2.94 bits per heavy atom. The number of fused-ring (bicyclic) bond motifs is 1. The van der Waals surface area contributed by atoms with Gasteiger partial charge in [0.1, 0.15) is 11.3 Å². The van der Waals surface area contributed by atoms with E-state index in [0.717, 1.165) is 54.3 Å². The van der Waals surface area contributed by atoms with Crippen molar-refractivity contribution < 1.29 is 4.79 Å². The van der Waals surface area contributed by atoms with Crippen LogP contribution in [0.5, 0.6) is 0 Å². The molecule has 1 unspecified atom stereocenters. The molecule has 1 atom stereocenters. The molecule has 0 spiro atoms. The molecule has 2 fully saturated rings. The molecule has 4 N–H and O–H groups in total. The molecule has 3 aromatic heterocycles. The fourth-order valence-corrected chi connectivity index (χ4v) is 4.66. The summed E-state index contributed by atoms with van der Waals surface area (Å²) in [5, 5.41) is 8.05. The number of anilines is 2. The highest BCUT2D eigenvalue weighted by molar-refractivity contribution is 9.10. The van der Waals surface area contributed by atoms with Gasteiger partial charge >= 0.3 is 0 Å². The lowest BCUT2D eigenvalue weighted by molar-refractivity contribution is 0.102. The molecule has 2 aliphatic rings. The summed E-state index contributed by atoms with van der Waals surface area (Å²) in [4.78, 5) is 34.9. The Kier molecular flexibility index (Phi) is 5.27. The summed E-state index contributed by atoms with van der Waals surface area (Å²) >= 11 is 3.63. The molecule has 0 bridgehead atoms. The highest BCUT2D eigenvalue weighted by atomic mass is 79.9. The fourth-order valence-electron chi connectivity index (χ4n) is 4.11. The molecule has 0 radical (unpaired) electrons. The van der Waals surface area contributed by atoms with Gasteiger partial charge in [0.05, 0.1) is 21.2 Å². The number of nitrogens with two attached hydrogens (primary N) is 1. The van der Waals surface area contributed by atoms with Gasteiger partial charge in [0.2, 0.25) is 0 Å². The number of amides is 1. The van der Waals surface area contributed by atoms with Crippen LogP contribution in [-0.4, -0.2) is 44.8 Å². The normalized spacial score (nSPS) is 19.0. The van der Waals surface area contributed by atoms with E-state index in [2.05, 4.69) is 41.2 Å². The zero-order valence-corrected chi connectivity index (χ0v) is 18.6. The van der Waals surface area contributed by atoms with E-state index in [9.17, 15) is 9.59 Å². The first-order valence-corrected chi connectivity index (χ1v) is 11.3. The molecule has 0 aromatic carbocycles. The van der Waals surface area contributed by atoms with E-state index in [1.165, 1.54) is 16.8 Å². The Labute approximate surface area is 187 Å². The predicted molar refractivity (Wildman–Crippen MR) is 122 cm³/mol. The van der Waals surface area contributed by atoms with Crippen molar-refractivity contribution in [2.45, 2.75) is 38.3 Å². The van der Waals surface area contributed by atoms with Gasteiger partial charge in [0.25, 0.3) is 11.5 Å². The van der Waals surface area contributed by atoms with Gasteiger partial charge in [-0.15, -0.1) is 0 Å². The van der Waals surface area contributed by atoms with Crippen LogP contribution in [0.25, 0.3) is 11.0 Å². The number of halogens is 1. The summed E-state index contributed by atoms with van der Waals surface area (Å²) in [6.07, 6.45) is 7.71. The summed E-state index contributed by atoms with van der Waals surface area (Å²) in [5.41, 5.74) is 8.48. The van der Waals surface area contributed by atoms with E-state index < -0.39 is 0 Å². The largest absolute Gasteiger partial charge is 0.368 e. The van der Waals surface area contributed by atoms with Crippen LogP contribution < -0.4 is 21.5 Å². The molecular formula is C21H24BrN7O2. The summed E-state index contributed by atoms with van der Waals surface area (Å²) in [6, 6.07) is 2.98. The monoisotopic (exact) mass is 485 g/mol. The minimum absolute atomic E-state index is 0.109. The third-order valence-corrected chi connectivity index (χ3v) is 6.46. The van der Waals surface area contributed by atoms with Gasteiger partial charge in [0, 0.05) is 44.1 Å². The smallest absolute Gasteiger partial charge is 0.276 e. The third kappa shape index (κ3) is 4.09. The number of H-pyrrole nitrogens is 1. The van der Waals surface area contributed by atoms with Crippen molar-refractivity contribution >= 4 is 44.2 Å². The number of aromatic nitrogens is 4. The predicted octanol–water partition coefficient (Wildman–Crippen LogP) is 2.47. The lowest BCUT2D eigenvalue weighted by Crippen LogP contribution is -2.43. The van der Waals surface area contributed by atoms with Crippen molar-refractivity contribution in [3.8, 4) is 0 Å². The number of hydrogen-bond acceptors (Lipinski definition) is 6. The van der Waals surface area contributed by atoms with Gasteiger partial charge in [-0.25, -0.2) is 9.67 Å². The molecular weight excluding hydrogens is 462 g/mol. The fraction of sp³-hybridized carbons (Fsp3) is 0.429. The quantitative estimate of drug-likeness (QED) is 0.510. The molecule has 1 amide bonds. The molecule has 1 saturated heterocycles. The van der Waals surface area contributed by atoms with Crippen molar-refractivity contribution in [1.29, 1.82) is 0 Å². The van der Waals surface area contributed by atoms with E-state index in [0.29, 0.717) is 23.8 Å². The van der Waals surface area contributed by atoms with Crippen LogP contribution in [0, 0.1) is 5.92 Å². The van der Waals surface area contributed by atoms with Gasteiger partial charge in [-0.05, 0) is 53.6 Å². The minimum atomic E-state index is -0.369. The zero-order valence-electron chi connectivity index (χ0n) is 17.0. The van der Waals surface area contributed by atoms with Gasteiger partial charge in [-0.1, -0.05) is 0 Å². The molecule has 1 saturated carbocycles. The maximum absolute atomic E-state index is 13.0. The maximum atomic E-state index is 13.0. The van der Waals surface area contributed by atoms with Crippen LogP contribution in [0.15, 0.2) is 33.8 Å². The van der Waals surface area contributed by atoms with E-state index in [-0.39, 0.29) is 23.2 Å². The number of aromatic amines is 1. The molecule has 1 aliphatic carbocycles. The summed E-state index contributed by atoms with van der Waals surface area (Å²) in [7, 11) is 0. The summed E-state index contributed by atoms with van der Waals surface area (Å²) in [5.74, 6) is 0.116. The summed E-state index contributed by atoms with van der Waals surface area (Å²) < 4.78 is 2.24. The lowest BCUT2D eigenvalue weighted by Gasteiger charge is -2.33. The van der Waals surface area contributed by atoms with Crippen molar-refractivity contribution in [1.82, 2.24) is 19.7 Å². The molecule has 3 aromatic rings. The number of rotatable bonds is 5. The Balaban J connectivity index is 1.47. The Bertz CT molecular complexity index is 1200. The molecule has 10 heteroatoms. The molecule has 1 aliphatic heterocycles. The highest BCUT2D eigenvalue weighted by Gasteiger charge is 2.25. The average Bonchev–Trinajstić information content (AvgIpc) is 3.48. The minimum Gasteiger partial charge on any atom is -0.368 e. The van der Waals surface area contributed by atoms with Crippen LogP contribution >= 0.6 is 15.9 Å². The Morgan fingerprint density at radius 2 is 2.16 bits per heavy atom. The molecule has 4 heterocycles. The number of piperidine rings is 1. The van der Waals surface area contributed by atoms with Crippen LogP contribution in [0.4, 0.5) is 11.4 Å². The molecule has 9 nitrogen and oxygen atoms in total. The van der Waals surface area contributed by atoms with Crippen molar-refractivity contribution in [2.24, 2.45) is 11.7 Å². The van der Waals surface area contributed by atoms with Gasteiger partial charge in [-0.3, -0.25) is 9.59 Å². The van der Waals surface area contributed by atoms with Gasteiger partial charge in [0.15, 0.2) is 0 Å². The molecule has 31 heavy (non-hydrogen) atoms. The van der Waals surface area contributed by atoms with Crippen LogP contribution in [0.2, 0.25) is 0 Å². The van der Waals surface area contributed by atoms with Crippen LogP contribution in [0.1, 0.15) is 36.2 Å². The number of nitrogens with one attached hydrogen (secondary N) is 2. The number of hydrogen-bond donors (Lipinski definition) is 3. The lowest BCUT2D eigenvalue weighted by atomic mass is 10.1. The zero-order chi connectivity index (χ0) is 21.5. The van der Waals surface area contributed by atoms with Gasteiger partial charge in [-0.2, -0.15) is 5.10 Å².